The molecule has 0 atom stereocenters. The summed E-state index contributed by atoms with van der Waals surface area (Å²) < 4.78 is 48.3. The lowest BCUT2D eigenvalue weighted by atomic mass is 10.3. The largest absolute Gasteiger partial charge is 0.573 e. The van der Waals surface area contributed by atoms with Crippen molar-refractivity contribution in [1.82, 2.24) is 0 Å². The van der Waals surface area contributed by atoms with Crippen LogP contribution >= 0.6 is 0 Å². The van der Waals surface area contributed by atoms with E-state index in [2.05, 4.69) is 14.2 Å². The topological polar surface area (TPSA) is 87.9 Å². The van der Waals surface area contributed by atoms with Crippen LogP contribution in [0.5, 0.6) is 11.5 Å². The Balaban J connectivity index is 3.14. The lowest BCUT2D eigenvalue weighted by Gasteiger charge is -2.12. The molecule has 0 unspecified atom stereocenters. The molecule has 0 aliphatic carbocycles. The molecule has 1 aromatic rings. The van der Waals surface area contributed by atoms with Crippen molar-refractivity contribution in [3.8, 4) is 11.5 Å². The van der Waals surface area contributed by atoms with Gasteiger partial charge < -0.3 is 14.2 Å². The van der Waals surface area contributed by atoms with Crippen LogP contribution in [0.3, 0.4) is 0 Å². The van der Waals surface area contributed by atoms with Gasteiger partial charge in [-0.2, -0.15) is 0 Å². The number of hydrogen-bond acceptors (Lipinski definition) is 6. The number of carbonyl (C=O) groups is 1. The number of halogens is 3. The smallest absolute Gasteiger partial charge is 0.437 e. The highest BCUT2D eigenvalue weighted by Crippen LogP contribution is 2.35. The predicted octanol–water partition coefficient (Wildman–Crippen LogP) is 2.64. The molecule has 0 saturated heterocycles. The number of benzene rings is 1. The second kappa shape index (κ2) is 5.42. The monoisotopic (exact) mass is 281 g/mol. The highest BCUT2D eigenvalue weighted by molar-refractivity contribution is 5.65. The van der Waals surface area contributed by atoms with Crippen molar-refractivity contribution in [2.24, 2.45) is 0 Å². The normalized spacial score (nSPS) is 10.7. The van der Waals surface area contributed by atoms with Gasteiger partial charge in [-0.05, 0) is 6.07 Å². The molecule has 0 N–H and O–H groups in total. The molecule has 0 amide bonds. The second-order valence-corrected chi connectivity index (χ2v) is 2.99. The van der Waals surface area contributed by atoms with Crippen molar-refractivity contribution >= 4 is 11.8 Å². The summed E-state index contributed by atoms with van der Waals surface area (Å²) in [6, 6.07) is 2.11. The predicted molar refractivity (Wildman–Crippen MR) is 52.8 cm³/mol. The van der Waals surface area contributed by atoms with Gasteiger partial charge in [0.1, 0.15) is 0 Å². The van der Waals surface area contributed by atoms with Crippen molar-refractivity contribution in [2.75, 3.05) is 7.11 Å². The van der Waals surface area contributed by atoms with E-state index >= 15 is 0 Å². The van der Waals surface area contributed by atoms with Crippen LogP contribution < -0.4 is 9.47 Å². The maximum Gasteiger partial charge on any atom is 0.573 e. The van der Waals surface area contributed by atoms with E-state index in [1.165, 1.54) is 0 Å². The van der Waals surface area contributed by atoms with Gasteiger partial charge >= 0.3 is 12.5 Å². The summed E-state index contributed by atoms with van der Waals surface area (Å²) in [6.45, 7) is 0. The van der Waals surface area contributed by atoms with Crippen LogP contribution in [-0.2, 0) is 4.74 Å². The maximum absolute atomic E-state index is 12.1. The van der Waals surface area contributed by atoms with E-state index in [0.29, 0.717) is 6.07 Å². The molecule has 0 bridgehead atoms. The molecule has 0 aliphatic heterocycles. The van der Waals surface area contributed by atoms with Gasteiger partial charge in [0.2, 0.25) is 0 Å². The number of non-ortho nitro benzene ring substituents is 1. The Morgan fingerprint density at radius 3 is 2.42 bits per heavy atom. The molecular formula is C9H6F3NO6. The summed E-state index contributed by atoms with van der Waals surface area (Å²) in [5.41, 5.74) is -0.656. The first kappa shape index (κ1) is 14.5. The molecule has 0 spiro atoms. The van der Waals surface area contributed by atoms with Crippen molar-refractivity contribution in [2.45, 2.75) is 6.36 Å². The number of carbonyl (C=O) groups excluding carboxylic acids is 1. The SMILES string of the molecule is COC(=O)Oc1ccc([N+](=O)[O-])cc1OC(F)(F)F. The van der Waals surface area contributed by atoms with Crippen molar-refractivity contribution in [3.63, 3.8) is 0 Å². The Morgan fingerprint density at radius 2 is 1.95 bits per heavy atom. The third-order valence-electron chi connectivity index (χ3n) is 1.72. The van der Waals surface area contributed by atoms with Crippen LogP contribution in [0.15, 0.2) is 18.2 Å². The average Bonchev–Trinajstić information content (AvgIpc) is 2.29. The Bertz CT molecular complexity index is 501. The van der Waals surface area contributed by atoms with Gasteiger partial charge in [-0.3, -0.25) is 10.1 Å². The number of methoxy groups -OCH3 is 1. The van der Waals surface area contributed by atoms with Crippen LogP contribution in [0.4, 0.5) is 23.7 Å². The molecule has 0 saturated carbocycles. The fourth-order valence-electron chi connectivity index (χ4n) is 1.03. The van der Waals surface area contributed by atoms with Crippen molar-refractivity contribution in [1.29, 1.82) is 0 Å². The molecule has 1 rings (SSSR count). The quantitative estimate of drug-likeness (QED) is 0.366. The highest BCUT2D eigenvalue weighted by Gasteiger charge is 2.33. The Morgan fingerprint density at radius 1 is 1.32 bits per heavy atom. The van der Waals surface area contributed by atoms with Crippen LogP contribution in [0.25, 0.3) is 0 Å². The van der Waals surface area contributed by atoms with Crippen molar-refractivity contribution in [3.05, 3.63) is 28.3 Å². The molecular weight excluding hydrogens is 275 g/mol. The lowest BCUT2D eigenvalue weighted by Crippen LogP contribution is -2.18. The zero-order chi connectivity index (χ0) is 14.6. The van der Waals surface area contributed by atoms with E-state index in [0.717, 1.165) is 19.2 Å². The van der Waals surface area contributed by atoms with Gasteiger partial charge in [-0.15, -0.1) is 13.2 Å². The average molecular weight is 281 g/mol. The summed E-state index contributed by atoms with van der Waals surface area (Å²) >= 11 is 0. The second-order valence-electron chi connectivity index (χ2n) is 2.99. The molecule has 0 aliphatic rings. The Labute approximate surface area is 103 Å². The summed E-state index contributed by atoms with van der Waals surface area (Å²) in [4.78, 5) is 20.3. The van der Waals surface area contributed by atoms with Crippen LogP contribution in [-0.4, -0.2) is 24.6 Å². The molecule has 0 aromatic heterocycles. The first-order valence-electron chi connectivity index (χ1n) is 4.53. The summed E-state index contributed by atoms with van der Waals surface area (Å²) in [5, 5.41) is 10.4. The lowest BCUT2D eigenvalue weighted by molar-refractivity contribution is -0.385. The molecule has 0 radical (unpaired) electrons. The zero-order valence-corrected chi connectivity index (χ0v) is 9.26. The first-order chi connectivity index (χ1) is 8.73. The number of ether oxygens (including phenoxy) is 3. The van der Waals surface area contributed by atoms with Gasteiger partial charge in [0, 0.05) is 6.07 Å². The van der Waals surface area contributed by atoms with E-state index in [4.69, 9.17) is 0 Å². The minimum atomic E-state index is -5.09. The molecule has 19 heavy (non-hydrogen) atoms. The Hall–Kier alpha value is -2.52. The third-order valence-corrected chi connectivity index (χ3v) is 1.72. The van der Waals surface area contributed by atoms with Gasteiger partial charge in [0.15, 0.2) is 11.5 Å². The molecule has 1 aromatic carbocycles. The van der Waals surface area contributed by atoms with Gasteiger partial charge in [-0.25, -0.2) is 4.79 Å². The molecule has 104 valence electrons. The number of hydrogen-bond donors (Lipinski definition) is 0. The minimum Gasteiger partial charge on any atom is -0.437 e. The van der Waals surface area contributed by atoms with Crippen LogP contribution in [0, 0.1) is 10.1 Å². The number of nitro benzene ring substituents is 1. The number of nitro groups is 1. The Kier molecular flexibility index (Phi) is 4.14. The van der Waals surface area contributed by atoms with Gasteiger partial charge in [0.05, 0.1) is 18.1 Å². The van der Waals surface area contributed by atoms with Crippen LogP contribution in [0.2, 0.25) is 0 Å². The van der Waals surface area contributed by atoms with Gasteiger partial charge in [-0.1, -0.05) is 0 Å². The molecule has 7 nitrogen and oxygen atoms in total. The van der Waals surface area contributed by atoms with E-state index < -0.39 is 34.6 Å². The summed E-state index contributed by atoms with van der Waals surface area (Å²) in [5.74, 6) is -1.68. The molecule has 0 heterocycles. The van der Waals surface area contributed by atoms with E-state index in [1.54, 1.807) is 0 Å². The number of nitrogens with zero attached hydrogens (tertiary/aromatic N) is 1. The fourth-order valence-corrected chi connectivity index (χ4v) is 1.03. The number of alkyl halides is 3. The van der Waals surface area contributed by atoms with E-state index in [1.807, 2.05) is 0 Å². The molecule has 0 fully saturated rings. The number of rotatable bonds is 3. The van der Waals surface area contributed by atoms with E-state index in [-0.39, 0.29) is 0 Å². The third kappa shape index (κ3) is 4.33. The summed E-state index contributed by atoms with van der Waals surface area (Å²) in [6.07, 6.45) is -6.38. The first-order valence-corrected chi connectivity index (χ1v) is 4.53. The standard InChI is InChI=1S/C9H6F3NO6/c1-17-8(14)18-6-3-2-5(13(15)16)4-7(6)19-9(10,11)12/h2-4H,1H3. The fraction of sp³-hybridized carbons (Fsp3) is 0.222. The van der Waals surface area contributed by atoms with Crippen molar-refractivity contribution < 1.29 is 37.1 Å². The minimum absolute atomic E-state index is 0.478. The van der Waals surface area contributed by atoms with Crippen LogP contribution in [0.1, 0.15) is 0 Å². The highest BCUT2D eigenvalue weighted by atomic mass is 19.4. The van der Waals surface area contributed by atoms with E-state index in [9.17, 15) is 28.1 Å². The molecule has 10 heteroatoms. The summed E-state index contributed by atoms with van der Waals surface area (Å²) in [7, 11) is 0.942. The zero-order valence-electron chi connectivity index (χ0n) is 9.26. The maximum atomic E-state index is 12.1. The van der Waals surface area contributed by atoms with Gasteiger partial charge in [0.25, 0.3) is 5.69 Å².